The molecule has 0 N–H and O–H groups in total. The first-order valence-corrected chi connectivity index (χ1v) is 15.9. The molecular formula is C42H34N2. The Morgan fingerprint density at radius 2 is 1.14 bits per heavy atom. The average Bonchev–Trinajstić information content (AvgIpc) is 3.61. The van der Waals surface area contributed by atoms with Crippen molar-refractivity contribution in [1.82, 2.24) is 0 Å². The lowest BCUT2D eigenvalue weighted by Gasteiger charge is -2.32. The zero-order chi connectivity index (χ0) is 29.0. The van der Waals surface area contributed by atoms with Crippen LogP contribution in [-0.4, -0.2) is 18.1 Å². The zero-order valence-corrected chi connectivity index (χ0v) is 24.5. The van der Waals surface area contributed by atoms with Crippen LogP contribution in [0.4, 0.5) is 17.1 Å². The number of rotatable bonds is 4. The van der Waals surface area contributed by atoms with E-state index in [4.69, 9.17) is 0 Å². The zero-order valence-electron chi connectivity index (χ0n) is 24.5. The lowest BCUT2D eigenvalue weighted by Crippen LogP contribution is -2.36. The minimum atomic E-state index is 0.280. The Morgan fingerprint density at radius 3 is 1.95 bits per heavy atom. The van der Waals surface area contributed by atoms with Gasteiger partial charge in [0.1, 0.15) is 0 Å². The highest BCUT2D eigenvalue weighted by Gasteiger charge is 2.46. The highest BCUT2D eigenvalue weighted by atomic mass is 15.2. The monoisotopic (exact) mass is 566 g/mol. The molecule has 6 atom stereocenters. The summed E-state index contributed by atoms with van der Waals surface area (Å²) in [6.07, 6.45) is 25.8. The first kappa shape index (κ1) is 25.4. The molecule has 2 aliphatic heterocycles. The number of benzene rings is 4. The SMILES string of the molecule is C1=CC2c3cc(C4=CC5C6C=CC=CC6N(c6ccccc6)C5C=C4)ccc3N(c3ccc(-c4ccccc4)cc3)C2C=C1. The lowest BCUT2D eigenvalue weighted by molar-refractivity contribution is 0.528. The maximum Gasteiger partial charge on any atom is 0.0629 e. The van der Waals surface area contributed by atoms with E-state index < -0.39 is 0 Å². The van der Waals surface area contributed by atoms with Gasteiger partial charge in [0.2, 0.25) is 0 Å². The number of nitrogens with zero attached hydrogens (tertiary/aromatic N) is 2. The van der Waals surface area contributed by atoms with Crippen LogP contribution in [0.5, 0.6) is 0 Å². The van der Waals surface area contributed by atoms with Crippen LogP contribution in [-0.2, 0) is 0 Å². The second kappa shape index (κ2) is 10.3. The molecule has 0 radical (unpaired) electrons. The van der Waals surface area contributed by atoms with Crippen molar-refractivity contribution in [3.63, 3.8) is 0 Å². The van der Waals surface area contributed by atoms with Gasteiger partial charge in [0.25, 0.3) is 0 Å². The third kappa shape index (κ3) is 4.02. The van der Waals surface area contributed by atoms with Crippen LogP contribution in [0.2, 0.25) is 0 Å². The summed E-state index contributed by atoms with van der Waals surface area (Å²) < 4.78 is 0. The fourth-order valence-corrected chi connectivity index (χ4v) is 8.16. The van der Waals surface area contributed by atoms with Crippen LogP contribution in [0, 0.1) is 11.8 Å². The molecule has 5 aliphatic rings. The van der Waals surface area contributed by atoms with Crippen molar-refractivity contribution >= 4 is 22.6 Å². The smallest absolute Gasteiger partial charge is 0.0629 e. The molecule has 0 bridgehead atoms. The molecule has 2 nitrogen and oxygen atoms in total. The summed E-state index contributed by atoms with van der Waals surface area (Å²) in [6.45, 7) is 0. The number of allylic oxidation sites excluding steroid dienone is 6. The van der Waals surface area contributed by atoms with E-state index in [9.17, 15) is 0 Å². The van der Waals surface area contributed by atoms with E-state index in [0.29, 0.717) is 29.8 Å². The van der Waals surface area contributed by atoms with Gasteiger partial charge in [0.15, 0.2) is 0 Å². The van der Waals surface area contributed by atoms with Crippen LogP contribution in [0.3, 0.4) is 0 Å². The average molecular weight is 567 g/mol. The van der Waals surface area contributed by atoms with E-state index >= 15 is 0 Å². The molecule has 212 valence electrons. The normalized spacial score (nSPS) is 27.1. The van der Waals surface area contributed by atoms with Crippen LogP contribution in [0.15, 0.2) is 170 Å². The fraction of sp³-hybridized carbons (Fsp3) is 0.143. The van der Waals surface area contributed by atoms with Crippen molar-refractivity contribution in [2.24, 2.45) is 11.8 Å². The van der Waals surface area contributed by atoms with Crippen LogP contribution in [0.1, 0.15) is 17.0 Å². The van der Waals surface area contributed by atoms with Crippen molar-refractivity contribution in [3.8, 4) is 11.1 Å². The van der Waals surface area contributed by atoms with Crippen LogP contribution >= 0.6 is 0 Å². The van der Waals surface area contributed by atoms with Gasteiger partial charge < -0.3 is 9.80 Å². The number of fused-ring (bicyclic) bond motifs is 6. The molecule has 1 fully saturated rings. The Balaban J connectivity index is 1.06. The van der Waals surface area contributed by atoms with Gasteiger partial charge in [-0.25, -0.2) is 0 Å². The predicted octanol–water partition coefficient (Wildman–Crippen LogP) is 9.65. The molecule has 0 saturated carbocycles. The summed E-state index contributed by atoms with van der Waals surface area (Å²) in [5.74, 6) is 1.23. The summed E-state index contributed by atoms with van der Waals surface area (Å²) in [6, 6.07) is 38.8. The second-order valence-electron chi connectivity index (χ2n) is 12.5. The minimum absolute atomic E-state index is 0.280. The summed E-state index contributed by atoms with van der Waals surface area (Å²) in [4.78, 5) is 5.14. The van der Waals surface area contributed by atoms with Gasteiger partial charge in [-0.2, -0.15) is 0 Å². The summed E-state index contributed by atoms with van der Waals surface area (Å²) in [5.41, 5.74) is 10.4. The largest absolute Gasteiger partial charge is 0.357 e. The summed E-state index contributed by atoms with van der Waals surface area (Å²) >= 11 is 0. The van der Waals surface area contributed by atoms with Gasteiger partial charge in [-0.15, -0.1) is 0 Å². The Hall–Kier alpha value is -5.08. The number of hydrogen-bond acceptors (Lipinski definition) is 2. The number of para-hydroxylation sites is 1. The van der Waals surface area contributed by atoms with E-state index in [1.165, 1.54) is 44.9 Å². The Bertz CT molecular complexity index is 1890. The molecule has 4 aromatic rings. The molecular weight excluding hydrogens is 532 g/mol. The molecule has 44 heavy (non-hydrogen) atoms. The van der Waals surface area contributed by atoms with E-state index in [-0.39, 0.29) is 6.04 Å². The van der Waals surface area contributed by atoms with Gasteiger partial charge >= 0.3 is 0 Å². The standard InChI is InChI=1S/C42H34N2/c1-3-11-29(12-4-1)30-19-23-34(24-20-30)44-40-18-10-8-16-36(40)38-28-32(22-26-42(38)44)31-21-25-41-37(27-31)35-15-7-9-17-39(35)43(41)33-13-5-2-6-14-33/h1-28,35-37,39-41H. The molecule has 9 rings (SSSR count). The van der Waals surface area contributed by atoms with Gasteiger partial charge in [0.05, 0.1) is 18.1 Å². The number of hydrogen-bond donors (Lipinski definition) is 0. The van der Waals surface area contributed by atoms with Gasteiger partial charge in [-0.3, -0.25) is 0 Å². The molecule has 0 spiro atoms. The topological polar surface area (TPSA) is 6.48 Å². The fourth-order valence-electron chi connectivity index (χ4n) is 8.16. The van der Waals surface area contributed by atoms with Crippen molar-refractivity contribution in [2.45, 2.75) is 24.0 Å². The maximum atomic E-state index is 2.62. The predicted molar refractivity (Wildman–Crippen MR) is 184 cm³/mol. The van der Waals surface area contributed by atoms with Gasteiger partial charge in [-0.1, -0.05) is 134 Å². The molecule has 4 aromatic carbocycles. The summed E-state index contributed by atoms with van der Waals surface area (Å²) in [5, 5.41) is 0. The molecule has 2 heteroatoms. The van der Waals surface area contributed by atoms with Crippen molar-refractivity contribution in [1.29, 1.82) is 0 Å². The third-order valence-electron chi connectivity index (χ3n) is 10.2. The maximum absolute atomic E-state index is 2.62. The first-order valence-electron chi connectivity index (χ1n) is 15.9. The lowest BCUT2D eigenvalue weighted by atomic mass is 9.80. The van der Waals surface area contributed by atoms with E-state index in [1.54, 1.807) is 0 Å². The summed E-state index contributed by atoms with van der Waals surface area (Å²) in [7, 11) is 0. The Morgan fingerprint density at radius 1 is 0.477 bits per heavy atom. The highest BCUT2D eigenvalue weighted by Crippen LogP contribution is 2.50. The van der Waals surface area contributed by atoms with E-state index in [1.807, 2.05) is 0 Å². The van der Waals surface area contributed by atoms with Crippen molar-refractivity contribution in [3.05, 3.63) is 181 Å². The van der Waals surface area contributed by atoms with Gasteiger partial charge in [0, 0.05) is 34.8 Å². The highest BCUT2D eigenvalue weighted by molar-refractivity contribution is 5.83. The molecule has 1 saturated heterocycles. The molecule has 2 heterocycles. The van der Waals surface area contributed by atoms with Crippen molar-refractivity contribution in [2.75, 3.05) is 9.80 Å². The third-order valence-corrected chi connectivity index (χ3v) is 10.2. The minimum Gasteiger partial charge on any atom is -0.357 e. The van der Waals surface area contributed by atoms with Crippen LogP contribution < -0.4 is 9.80 Å². The quantitative estimate of drug-likeness (QED) is 0.243. The molecule has 0 aromatic heterocycles. The Labute approximate surface area is 260 Å². The van der Waals surface area contributed by atoms with Gasteiger partial charge in [-0.05, 0) is 64.2 Å². The molecule has 6 unspecified atom stereocenters. The van der Waals surface area contributed by atoms with Crippen molar-refractivity contribution < 1.29 is 0 Å². The molecule has 3 aliphatic carbocycles. The number of anilines is 3. The van der Waals surface area contributed by atoms with E-state index in [0.717, 1.165) is 0 Å². The van der Waals surface area contributed by atoms with E-state index in [2.05, 4.69) is 180 Å². The second-order valence-corrected chi connectivity index (χ2v) is 12.5. The molecule has 0 amide bonds. The van der Waals surface area contributed by atoms with Crippen LogP contribution in [0.25, 0.3) is 16.7 Å². The Kier molecular flexibility index (Phi) is 5.94. The first-order chi connectivity index (χ1) is 21.8.